The maximum Gasteiger partial charge on any atom is 0.338 e. The molecule has 0 bridgehead atoms. The van der Waals surface area contributed by atoms with Gasteiger partial charge in [-0.25, -0.2) is 14.2 Å². The molecule has 35 heavy (non-hydrogen) atoms. The SMILES string of the molecule is CC1=C(C(=O)OC(C)C)[C@@H](c2cccc(F)c2)N2C(CC(=O)N[C@H](C)c3ccccc3)=CSC2=N1. The number of fused-ring (bicyclic) bond motifs is 1. The summed E-state index contributed by atoms with van der Waals surface area (Å²) >= 11 is 1.38. The summed E-state index contributed by atoms with van der Waals surface area (Å²) in [6, 6.07) is 15.0. The summed E-state index contributed by atoms with van der Waals surface area (Å²) in [7, 11) is 0. The molecule has 2 heterocycles. The monoisotopic (exact) mass is 493 g/mol. The lowest BCUT2D eigenvalue weighted by atomic mass is 9.93. The summed E-state index contributed by atoms with van der Waals surface area (Å²) < 4.78 is 19.8. The van der Waals surface area contributed by atoms with Crippen molar-refractivity contribution in [2.75, 3.05) is 0 Å². The number of aliphatic imine (C=N–C) groups is 1. The van der Waals surface area contributed by atoms with Crippen LogP contribution in [0.15, 0.2) is 82.0 Å². The molecule has 4 rings (SSSR count). The second-order valence-corrected chi connectivity index (χ2v) is 9.62. The first-order valence-corrected chi connectivity index (χ1v) is 12.4. The van der Waals surface area contributed by atoms with Gasteiger partial charge >= 0.3 is 5.97 Å². The van der Waals surface area contributed by atoms with Gasteiger partial charge in [0.25, 0.3) is 0 Å². The summed E-state index contributed by atoms with van der Waals surface area (Å²) in [4.78, 5) is 32.6. The van der Waals surface area contributed by atoms with E-state index in [4.69, 9.17) is 4.74 Å². The van der Waals surface area contributed by atoms with Gasteiger partial charge < -0.3 is 15.0 Å². The smallest absolute Gasteiger partial charge is 0.338 e. The molecule has 6 nitrogen and oxygen atoms in total. The minimum Gasteiger partial charge on any atom is -0.459 e. The molecule has 1 amide bonds. The maximum atomic E-state index is 14.2. The highest BCUT2D eigenvalue weighted by molar-refractivity contribution is 8.16. The van der Waals surface area contributed by atoms with E-state index in [0.29, 0.717) is 27.7 Å². The van der Waals surface area contributed by atoms with Gasteiger partial charge in [0.15, 0.2) is 5.17 Å². The number of esters is 1. The number of allylic oxidation sites excluding steroid dienone is 1. The zero-order valence-electron chi connectivity index (χ0n) is 20.1. The van der Waals surface area contributed by atoms with Crippen LogP contribution < -0.4 is 5.32 Å². The zero-order valence-corrected chi connectivity index (χ0v) is 20.9. The third-order valence-electron chi connectivity index (χ3n) is 5.75. The van der Waals surface area contributed by atoms with Gasteiger partial charge in [-0.15, -0.1) is 0 Å². The maximum absolute atomic E-state index is 14.2. The van der Waals surface area contributed by atoms with Gasteiger partial charge in [0, 0.05) is 5.70 Å². The van der Waals surface area contributed by atoms with Crippen LogP contribution in [0, 0.1) is 5.82 Å². The second-order valence-electron chi connectivity index (χ2n) is 8.78. The highest BCUT2D eigenvalue weighted by Gasteiger charge is 2.41. The van der Waals surface area contributed by atoms with Crippen molar-refractivity contribution >= 4 is 28.8 Å². The Morgan fingerprint density at radius 3 is 2.57 bits per heavy atom. The number of thioether (sulfide) groups is 1. The highest BCUT2D eigenvalue weighted by atomic mass is 32.2. The van der Waals surface area contributed by atoms with Crippen LogP contribution in [0.25, 0.3) is 0 Å². The van der Waals surface area contributed by atoms with E-state index in [2.05, 4.69) is 10.3 Å². The number of nitrogens with one attached hydrogen (secondary N) is 1. The van der Waals surface area contributed by atoms with Gasteiger partial charge in [-0.1, -0.05) is 54.2 Å². The Kier molecular flexibility index (Phi) is 7.40. The molecular formula is C27H28FN3O3S. The van der Waals surface area contributed by atoms with Crippen LogP contribution in [0.1, 0.15) is 57.3 Å². The summed E-state index contributed by atoms with van der Waals surface area (Å²) in [5.74, 6) is -1.08. The zero-order chi connectivity index (χ0) is 25.1. The summed E-state index contributed by atoms with van der Waals surface area (Å²) in [6.07, 6.45) is -0.241. The molecule has 0 radical (unpaired) electrons. The molecule has 8 heteroatoms. The molecule has 2 atom stereocenters. The van der Waals surface area contributed by atoms with Crippen molar-refractivity contribution in [3.05, 3.63) is 93.9 Å². The van der Waals surface area contributed by atoms with Gasteiger partial charge in [0.1, 0.15) is 5.82 Å². The highest BCUT2D eigenvalue weighted by Crippen LogP contribution is 2.45. The Balaban J connectivity index is 1.63. The first kappa shape index (κ1) is 24.7. The third-order valence-corrected chi connectivity index (χ3v) is 6.64. The number of amides is 1. The summed E-state index contributed by atoms with van der Waals surface area (Å²) in [6.45, 7) is 7.23. The van der Waals surface area contributed by atoms with Crippen LogP contribution >= 0.6 is 11.8 Å². The molecule has 0 saturated heterocycles. The van der Waals surface area contributed by atoms with Crippen molar-refractivity contribution in [3.8, 4) is 0 Å². The average Bonchev–Trinajstić information content (AvgIpc) is 3.19. The molecule has 182 valence electrons. The number of hydrogen-bond acceptors (Lipinski definition) is 6. The molecule has 2 aliphatic heterocycles. The Hall–Kier alpha value is -3.39. The number of carbonyl (C=O) groups excluding carboxylic acids is 2. The number of halogens is 1. The molecule has 2 aliphatic rings. The van der Waals surface area contributed by atoms with E-state index in [9.17, 15) is 14.0 Å². The van der Waals surface area contributed by atoms with Crippen molar-refractivity contribution in [1.82, 2.24) is 10.2 Å². The minimum atomic E-state index is -0.662. The fraction of sp³-hybridized carbons (Fsp3) is 0.296. The topological polar surface area (TPSA) is 71.0 Å². The Bertz CT molecular complexity index is 1220. The molecule has 1 N–H and O–H groups in total. The standard InChI is InChI=1S/C27H28FN3O3S/c1-16(2)34-26(33)24-18(4)30-27-31(25(24)20-11-8-12-21(28)13-20)22(15-35-27)14-23(32)29-17(3)19-9-6-5-7-10-19/h5-13,15-17,25H,14H2,1-4H3,(H,29,32)/t17-,25-/m1/s1. The lowest BCUT2D eigenvalue weighted by Gasteiger charge is -2.36. The van der Waals surface area contributed by atoms with Gasteiger partial charge in [-0.3, -0.25) is 4.79 Å². The molecular weight excluding hydrogens is 465 g/mol. The normalized spacial score (nSPS) is 18.1. The lowest BCUT2D eigenvalue weighted by molar-refractivity contribution is -0.143. The van der Waals surface area contributed by atoms with E-state index in [1.807, 2.05) is 47.6 Å². The van der Waals surface area contributed by atoms with Crippen LogP contribution in [-0.2, 0) is 14.3 Å². The number of amidine groups is 1. The molecule has 0 fully saturated rings. The molecule has 2 aromatic rings. The number of carbonyl (C=O) groups is 2. The van der Waals surface area contributed by atoms with Crippen molar-refractivity contribution in [2.45, 2.75) is 52.3 Å². The Morgan fingerprint density at radius 2 is 1.89 bits per heavy atom. The van der Waals surface area contributed by atoms with Crippen LogP contribution in [0.3, 0.4) is 0 Å². The van der Waals surface area contributed by atoms with E-state index >= 15 is 0 Å². The molecule has 0 unspecified atom stereocenters. The van der Waals surface area contributed by atoms with Gasteiger partial charge in [-0.05, 0) is 56.4 Å². The van der Waals surface area contributed by atoms with Crippen LogP contribution in [0.4, 0.5) is 4.39 Å². The van der Waals surface area contributed by atoms with Crippen LogP contribution in [-0.4, -0.2) is 28.0 Å². The summed E-state index contributed by atoms with van der Waals surface area (Å²) in [5.41, 5.74) is 3.12. The summed E-state index contributed by atoms with van der Waals surface area (Å²) in [5, 5.41) is 5.53. The molecule has 2 aromatic carbocycles. The Morgan fingerprint density at radius 1 is 1.14 bits per heavy atom. The Labute approximate surface area is 209 Å². The molecule has 0 spiro atoms. The van der Waals surface area contributed by atoms with Crippen molar-refractivity contribution < 1.29 is 18.7 Å². The molecule has 0 saturated carbocycles. The minimum absolute atomic E-state index is 0.0839. The fourth-order valence-electron chi connectivity index (χ4n) is 4.18. The molecule has 0 aliphatic carbocycles. The first-order valence-electron chi connectivity index (χ1n) is 11.5. The van der Waals surface area contributed by atoms with Gasteiger partial charge in [0.05, 0.1) is 35.9 Å². The molecule has 0 aromatic heterocycles. The van der Waals surface area contributed by atoms with Gasteiger partial charge in [0.2, 0.25) is 5.91 Å². The predicted octanol–water partition coefficient (Wildman–Crippen LogP) is 5.62. The fourth-order valence-corrected chi connectivity index (χ4v) is 5.15. The lowest BCUT2D eigenvalue weighted by Crippen LogP contribution is -2.38. The first-order chi connectivity index (χ1) is 16.7. The number of benzene rings is 2. The largest absolute Gasteiger partial charge is 0.459 e. The van der Waals surface area contributed by atoms with E-state index in [0.717, 1.165) is 5.56 Å². The predicted molar refractivity (Wildman–Crippen MR) is 136 cm³/mol. The van der Waals surface area contributed by atoms with Crippen molar-refractivity contribution in [2.24, 2.45) is 4.99 Å². The van der Waals surface area contributed by atoms with Crippen molar-refractivity contribution in [3.63, 3.8) is 0 Å². The van der Waals surface area contributed by atoms with E-state index in [1.54, 1.807) is 32.9 Å². The van der Waals surface area contributed by atoms with Gasteiger partial charge in [-0.2, -0.15) is 0 Å². The van der Waals surface area contributed by atoms with E-state index in [-0.39, 0.29) is 24.5 Å². The number of ether oxygens (including phenoxy) is 1. The van der Waals surface area contributed by atoms with Crippen molar-refractivity contribution in [1.29, 1.82) is 0 Å². The number of nitrogens with zero attached hydrogens (tertiary/aromatic N) is 2. The number of hydrogen-bond donors (Lipinski definition) is 1. The van der Waals surface area contributed by atoms with E-state index in [1.165, 1.54) is 23.9 Å². The third kappa shape index (κ3) is 5.48. The number of rotatable bonds is 7. The van der Waals surface area contributed by atoms with E-state index < -0.39 is 17.8 Å². The average molecular weight is 494 g/mol. The second kappa shape index (κ2) is 10.5. The quantitative estimate of drug-likeness (QED) is 0.507. The van der Waals surface area contributed by atoms with Crippen LogP contribution in [0.2, 0.25) is 0 Å². The van der Waals surface area contributed by atoms with Crippen LogP contribution in [0.5, 0.6) is 0 Å².